The minimum atomic E-state index is -0.147. The van der Waals surface area contributed by atoms with Gasteiger partial charge in [0.1, 0.15) is 6.29 Å². The number of hydrogen-bond acceptors (Lipinski definition) is 4. The van der Waals surface area contributed by atoms with Crippen molar-refractivity contribution < 1.29 is 9.59 Å². The highest BCUT2D eigenvalue weighted by Gasteiger charge is 2.30. The number of carbonyl (C=O) groups excluding carboxylic acids is 2. The SMILES string of the molecule is CC1Sc2ccc(CN)cc2N(CC=O)C1=O. The van der Waals surface area contributed by atoms with Crippen LogP contribution in [0, 0.1) is 0 Å². The lowest BCUT2D eigenvalue weighted by atomic mass is 10.1. The molecule has 90 valence electrons. The van der Waals surface area contributed by atoms with Crippen LogP contribution in [-0.2, 0) is 16.1 Å². The molecule has 1 unspecified atom stereocenters. The van der Waals surface area contributed by atoms with Gasteiger partial charge in [0.2, 0.25) is 5.91 Å². The highest BCUT2D eigenvalue weighted by atomic mass is 32.2. The molecule has 2 rings (SSSR count). The van der Waals surface area contributed by atoms with Crippen molar-refractivity contribution in [2.45, 2.75) is 23.6 Å². The number of fused-ring (bicyclic) bond motifs is 1. The molecular weight excluding hydrogens is 236 g/mol. The summed E-state index contributed by atoms with van der Waals surface area (Å²) in [5.41, 5.74) is 7.34. The highest BCUT2D eigenvalue weighted by Crippen LogP contribution is 2.39. The summed E-state index contributed by atoms with van der Waals surface area (Å²) < 4.78 is 0. The van der Waals surface area contributed by atoms with Crippen LogP contribution in [0.25, 0.3) is 0 Å². The monoisotopic (exact) mass is 250 g/mol. The lowest BCUT2D eigenvalue weighted by Gasteiger charge is -2.31. The second-order valence-electron chi connectivity index (χ2n) is 3.88. The standard InChI is InChI=1S/C12H14N2O2S/c1-8-12(16)14(4-5-15)10-6-9(7-13)2-3-11(10)17-8/h2-3,5-6,8H,4,7,13H2,1H3. The summed E-state index contributed by atoms with van der Waals surface area (Å²) in [6, 6.07) is 5.80. The average molecular weight is 250 g/mol. The second kappa shape index (κ2) is 4.89. The van der Waals surface area contributed by atoms with Crippen molar-refractivity contribution in [2.24, 2.45) is 5.73 Å². The zero-order valence-electron chi connectivity index (χ0n) is 9.55. The summed E-state index contributed by atoms with van der Waals surface area (Å²) in [5.74, 6) is -0.0243. The first kappa shape index (κ1) is 12.1. The summed E-state index contributed by atoms with van der Waals surface area (Å²) in [5, 5.41) is -0.147. The van der Waals surface area contributed by atoms with E-state index < -0.39 is 0 Å². The molecular formula is C12H14N2O2S. The van der Waals surface area contributed by atoms with Crippen LogP contribution in [0.3, 0.4) is 0 Å². The van der Waals surface area contributed by atoms with E-state index in [4.69, 9.17) is 5.73 Å². The Kier molecular flexibility index (Phi) is 3.49. The van der Waals surface area contributed by atoms with Gasteiger partial charge in [0.15, 0.2) is 0 Å². The van der Waals surface area contributed by atoms with E-state index in [0.717, 1.165) is 22.4 Å². The first-order valence-corrected chi connectivity index (χ1v) is 6.30. The van der Waals surface area contributed by atoms with Gasteiger partial charge in [0.25, 0.3) is 0 Å². The number of anilines is 1. The molecule has 0 bridgehead atoms. The molecule has 0 fully saturated rings. The van der Waals surface area contributed by atoms with Gasteiger partial charge in [-0.3, -0.25) is 4.79 Å². The van der Waals surface area contributed by atoms with E-state index >= 15 is 0 Å². The van der Waals surface area contributed by atoms with E-state index in [1.807, 2.05) is 25.1 Å². The molecule has 17 heavy (non-hydrogen) atoms. The molecule has 0 spiro atoms. The van der Waals surface area contributed by atoms with E-state index in [1.165, 1.54) is 16.7 Å². The van der Waals surface area contributed by atoms with Gasteiger partial charge in [0.05, 0.1) is 17.5 Å². The van der Waals surface area contributed by atoms with Crippen LogP contribution in [0.2, 0.25) is 0 Å². The zero-order chi connectivity index (χ0) is 12.4. The number of benzene rings is 1. The smallest absolute Gasteiger partial charge is 0.240 e. The molecule has 4 nitrogen and oxygen atoms in total. The maximum atomic E-state index is 12.0. The normalized spacial score (nSPS) is 19.1. The Bertz CT molecular complexity index is 462. The van der Waals surface area contributed by atoms with Gasteiger partial charge in [-0.2, -0.15) is 0 Å². The summed E-state index contributed by atoms with van der Waals surface area (Å²) in [7, 11) is 0. The average Bonchev–Trinajstić information content (AvgIpc) is 2.34. The van der Waals surface area contributed by atoms with Crippen LogP contribution in [0.4, 0.5) is 5.69 Å². The Morgan fingerprint density at radius 2 is 2.29 bits per heavy atom. The highest BCUT2D eigenvalue weighted by molar-refractivity contribution is 8.00. The quantitative estimate of drug-likeness (QED) is 0.818. The van der Waals surface area contributed by atoms with Gasteiger partial charge in [0, 0.05) is 11.4 Å². The third-order valence-electron chi connectivity index (χ3n) is 2.72. The van der Waals surface area contributed by atoms with Crippen LogP contribution in [-0.4, -0.2) is 24.0 Å². The lowest BCUT2D eigenvalue weighted by Crippen LogP contribution is -2.40. The number of hydrogen-bond donors (Lipinski definition) is 1. The van der Waals surface area contributed by atoms with Crippen molar-refractivity contribution >= 4 is 29.6 Å². The molecule has 1 amide bonds. The van der Waals surface area contributed by atoms with Gasteiger partial charge >= 0.3 is 0 Å². The molecule has 1 aromatic rings. The van der Waals surface area contributed by atoms with Crippen LogP contribution in [0.5, 0.6) is 0 Å². The molecule has 0 radical (unpaired) electrons. The third-order valence-corrected chi connectivity index (χ3v) is 3.88. The largest absolute Gasteiger partial charge is 0.326 e. The van der Waals surface area contributed by atoms with Gasteiger partial charge in [-0.15, -0.1) is 11.8 Å². The van der Waals surface area contributed by atoms with Gasteiger partial charge in [-0.25, -0.2) is 0 Å². The maximum absolute atomic E-state index is 12.0. The van der Waals surface area contributed by atoms with E-state index in [0.29, 0.717) is 6.54 Å². The molecule has 2 N–H and O–H groups in total. The van der Waals surface area contributed by atoms with Crippen LogP contribution in [0.1, 0.15) is 12.5 Å². The number of aldehydes is 1. The number of amides is 1. The van der Waals surface area contributed by atoms with Gasteiger partial charge < -0.3 is 15.4 Å². The van der Waals surface area contributed by atoms with E-state index in [9.17, 15) is 9.59 Å². The summed E-state index contributed by atoms with van der Waals surface area (Å²) in [4.78, 5) is 25.2. The van der Waals surface area contributed by atoms with E-state index in [2.05, 4.69) is 0 Å². The van der Waals surface area contributed by atoms with Crippen molar-refractivity contribution in [3.8, 4) is 0 Å². The summed E-state index contributed by atoms with van der Waals surface area (Å²) in [6.07, 6.45) is 0.750. The lowest BCUT2D eigenvalue weighted by molar-refractivity contribution is -0.119. The van der Waals surface area contributed by atoms with Crippen molar-refractivity contribution in [3.63, 3.8) is 0 Å². The van der Waals surface area contributed by atoms with Crippen molar-refractivity contribution in [1.29, 1.82) is 0 Å². The molecule has 1 atom stereocenters. The van der Waals surface area contributed by atoms with E-state index in [-0.39, 0.29) is 17.7 Å². The number of nitrogens with zero attached hydrogens (tertiary/aromatic N) is 1. The van der Waals surface area contributed by atoms with Crippen molar-refractivity contribution in [3.05, 3.63) is 23.8 Å². The molecule has 1 aliphatic heterocycles. The predicted octanol–water partition coefficient (Wildman–Crippen LogP) is 1.17. The van der Waals surface area contributed by atoms with Crippen LogP contribution >= 0.6 is 11.8 Å². The Morgan fingerprint density at radius 1 is 1.53 bits per heavy atom. The third kappa shape index (κ3) is 2.21. The first-order chi connectivity index (χ1) is 8.17. The number of rotatable bonds is 3. The van der Waals surface area contributed by atoms with Crippen LogP contribution in [0.15, 0.2) is 23.1 Å². The zero-order valence-corrected chi connectivity index (χ0v) is 10.4. The molecule has 5 heteroatoms. The Hall–Kier alpha value is -1.33. The second-order valence-corrected chi connectivity index (χ2v) is 5.26. The fraction of sp³-hybridized carbons (Fsp3) is 0.333. The number of thioether (sulfide) groups is 1. The molecule has 0 saturated heterocycles. The Balaban J connectivity index is 2.47. The maximum Gasteiger partial charge on any atom is 0.240 e. The Labute approximate surface area is 104 Å². The molecule has 1 aliphatic rings. The first-order valence-electron chi connectivity index (χ1n) is 5.42. The molecule has 0 aromatic heterocycles. The molecule has 1 aromatic carbocycles. The minimum Gasteiger partial charge on any atom is -0.326 e. The van der Waals surface area contributed by atoms with Gasteiger partial charge in [-0.05, 0) is 24.6 Å². The minimum absolute atomic E-state index is 0.0243. The van der Waals surface area contributed by atoms with Crippen molar-refractivity contribution in [2.75, 3.05) is 11.4 Å². The fourth-order valence-electron chi connectivity index (χ4n) is 1.84. The predicted molar refractivity (Wildman–Crippen MR) is 68.1 cm³/mol. The summed E-state index contributed by atoms with van der Waals surface area (Å²) in [6.45, 7) is 2.38. The number of carbonyl (C=O) groups is 2. The molecule has 0 saturated carbocycles. The van der Waals surface area contributed by atoms with E-state index in [1.54, 1.807) is 0 Å². The molecule has 0 aliphatic carbocycles. The number of nitrogens with two attached hydrogens (primary N) is 1. The molecule has 1 heterocycles. The fourth-order valence-corrected chi connectivity index (χ4v) is 2.89. The van der Waals surface area contributed by atoms with Crippen molar-refractivity contribution in [1.82, 2.24) is 0 Å². The Morgan fingerprint density at radius 3 is 2.94 bits per heavy atom. The topological polar surface area (TPSA) is 63.4 Å². The van der Waals surface area contributed by atoms with Crippen LogP contribution < -0.4 is 10.6 Å². The van der Waals surface area contributed by atoms with Gasteiger partial charge in [-0.1, -0.05) is 6.07 Å². The summed E-state index contributed by atoms with van der Waals surface area (Å²) >= 11 is 1.52.